The van der Waals surface area contributed by atoms with E-state index in [1.54, 1.807) is 0 Å². The van der Waals surface area contributed by atoms with Crippen LogP contribution in [0.1, 0.15) is 50.3 Å². The molecule has 3 nitrogen and oxygen atoms in total. The fourth-order valence-electron chi connectivity index (χ4n) is 2.53. The Kier molecular flexibility index (Phi) is 6.67. The summed E-state index contributed by atoms with van der Waals surface area (Å²) in [5, 5.41) is 0. The molecule has 2 rings (SSSR count). The average molecular weight is 312 g/mol. The Hall–Kier alpha value is -2.29. The van der Waals surface area contributed by atoms with Gasteiger partial charge in [-0.1, -0.05) is 75.2 Å². The van der Waals surface area contributed by atoms with Crippen LogP contribution in [0.2, 0.25) is 0 Å². The van der Waals surface area contributed by atoms with Crippen LogP contribution in [-0.2, 0) is 11.2 Å². The number of aryl methyl sites for hydroxylation is 1. The molecule has 0 saturated carbocycles. The Morgan fingerprint density at radius 2 is 1.65 bits per heavy atom. The lowest BCUT2D eigenvalue weighted by atomic mass is 10.1. The maximum Gasteiger partial charge on any atom is 0.514 e. The van der Waals surface area contributed by atoms with Crippen LogP contribution in [0.3, 0.4) is 0 Å². The van der Waals surface area contributed by atoms with Gasteiger partial charge in [-0.25, -0.2) is 4.79 Å². The summed E-state index contributed by atoms with van der Waals surface area (Å²) in [6.45, 7) is 4.17. The van der Waals surface area contributed by atoms with Crippen molar-refractivity contribution in [2.24, 2.45) is 0 Å². The van der Waals surface area contributed by atoms with E-state index in [0.717, 1.165) is 36.8 Å². The Labute approximate surface area is 138 Å². The summed E-state index contributed by atoms with van der Waals surface area (Å²) in [4.78, 5) is 12.2. The first-order chi connectivity index (χ1) is 11.2. The Morgan fingerprint density at radius 3 is 2.35 bits per heavy atom. The monoisotopic (exact) mass is 312 g/mol. The number of hydrogen-bond donors (Lipinski definition) is 0. The highest BCUT2D eigenvalue weighted by molar-refractivity contribution is 5.65. The SMILES string of the molecule is CCCc1ccccc1OC(=O)OC(CCC)c1ccccc1. The fourth-order valence-corrected chi connectivity index (χ4v) is 2.53. The second-order valence-electron chi connectivity index (χ2n) is 5.52. The van der Waals surface area contributed by atoms with Crippen LogP contribution in [0.15, 0.2) is 54.6 Å². The molecule has 23 heavy (non-hydrogen) atoms. The quantitative estimate of drug-likeness (QED) is 0.486. The standard InChI is InChI=1S/C20H24O3/c1-3-10-16-14-8-9-15-19(16)23-20(21)22-18(11-4-2)17-12-6-5-7-13-17/h5-9,12-15,18H,3-4,10-11H2,1-2H3. The van der Waals surface area contributed by atoms with Gasteiger partial charge in [-0.3, -0.25) is 0 Å². The van der Waals surface area contributed by atoms with E-state index in [0.29, 0.717) is 5.75 Å². The van der Waals surface area contributed by atoms with Gasteiger partial charge in [0.15, 0.2) is 0 Å². The molecule has 1 unspecified atom stereocenters. The molecule has 2 aromatic carbocycles. The summed E-state index contributed by atoms with van der Waals surface area (Å²) in [5.41, 5.74) is 2.02. The van der Waals surface area contributed by atoms with E-state index < -0.39 is 6.16 Å². The number of carbonyl (C=O) groups is 1. The third-order valence-electron chi connectivity index (χ3n) is 3.65. The first-order valence-corrected chi connectivity index (χ1v) is 8.25. The third-order valence-corrected chi connectivity index (χ3v) is 3.65. The summed E-state index contributed by atoms with van der Waals surface area (Å²) < 4.78 is 11.0. The van der Waals surface area contributed by atoms with E-state index in [4.69, 9.17) is 9.47 Å². The van der Waals surface area contributed by atoms with Crippen molar-refractivity contribution in [1.82, 2.24) is 0 Å². The van der Waals surface area contributed by atoms with E-state index >= 15 is 0 Å². The zero-order chi connectivity index (χ0) is 16.5. The molecule has 1 atom stereocenters. The molecule has 0 heterocycles. The number of ether oxygens (including phenoxy) is 2. The van der Waals surface area contributed by atoms with E-state index in [1.807, 2.05) is 54.6 Å². The first-order valence-electron chi connectivity index (χ1n) is 8.25. The zero-order valence-corrected chi connectivity index (χ0v) is 13.8. The minimum atomic E-state index is -0.643. The number of benzene rings is 2. The van der Waals surface area contributed by atoms with Crippen LogP contribution in [0.5, 0.6) is 5.75 Å². The van der Waals surface area contributed by atoms with Gasteiger partial charge >= 0.3 is 6.16 Å². The van der Waals surface area contributed by atoms with Crippen molar-refractivity contribution < 1.29 is 14.3 Å². The molecule has 0 saturated heterocycles. The lowest BCUT2D eigenvalue weighted by Gasteiger charge is -2.18. The Bertz CT molecular complexity index is 607. The highest BCUT2D eigenvalue weighted by Gasteiger charge is 2.18. The van der Waals surface area contributed by atoms with E-state index in [9.17, 15) is 4.79 Å². The van der Waals surface area contributed by atoms with Crippen molar-refractivity contribution in [1.29, 1.82) is 0 Å². The highest BCUT2D eigenvalue weighted by Crippen LogP contribution is 2.25. The average Bonchev–Trinajstić information content (AvgIpc) is 2.57. The Morgan fingerprint density at radius 1 is 0.957 bits per heavy atom. The van der Waals surface area contributed by atoms with Gasteiger partial charge in [0.25, 0.3) is 0 Å². The first kappa shape index (κ1) is 17.1. The highest BCUT2D eigenvalue weighted by atomic mass is 16.7. The zero-order valence-electron chi connectivity index (χ0n) is 13.8. The molecule has 0 fully saturated rings. The molecule has 0 aliphatic rings. The van der Waals surface area contributed by atoms with Gasteiger partial charge in [0, 0.05) is 0 Å². The van der Waals surface area contributed by atoms with Crippen LogP contribution in [0, 0.1) is 0 Å². The molecule has 0 bridgehead atoms. The van der Waals surface area contributed by atoms with Crippen LogP contribution < -0.4 is 4.74 Å². The Balaban J connectivity index is 2.05. The van der Waals surface area contributed by atoms with E-state index in [1.165, 1.54) is 0 Å². The number of hydrogen-bond acceptors (Lipinski definition) is 3. The maximum absolute atomic E-state index is 12.2. The number of carbonyl (C=O) groups excluding carboxylic acids is 1. The van der Waals surface area contributed by atoms with Crippen molar-refractivity contribution in [3.63, 3.8) is 0 Å². The van der Waals surface area contributed by atoms with Crippen molar-refractivity contribution in [2.75, 3.05) is 0 Å². The van der Waals surface area contributed by atoms with Crippen LogP contribution >= 0.6 is 0 Å². The molecule has 3 heteroatoms. The fraction of sp³-hybridized carbons (Fsp3) is 0.350. The molecular formula is C20H24O3. The number of rotatable bonds is 7. The van der Waals surface area contributed by atoms with Crippen molar-refractivity contribution in [3.8, 4) is 5.75 Å². The van der Waals surface area contributed by atoms with E-state index in [-0.39, 0.29) is 6.10 Å². The predicted octanol–water partition coefficient (Wildman–Crippen LogP) is 5.70. The second-order valence-corrected chi connectivity index (χ2v) is 5.52. The second kappa shape index (κ2) is 8.99. The van der Waals surface area contributed by atoms with Gasteiger partial charge in [-0.05, 0) is 30.0 Å². The van der Waals surface area contributed by atoms with Crippen molar-refractivity contribution in [2.45, 2.75) is 45.6 Å². The maximum atomic E-state index is 12.2. The summed E-state index contributed by atoms with van der Waals surface area (Å²) >= 11 is 0. The molecule has 0 N–H and O–H groups in total. The third kappa shape index (κ3) is 5.13. The molecular weight excluding hydrogens is 288 g/mol. The van der Waals surface area contributed by atoms with E-state index in [2.05, 4.69) is 13.8 Å². The molecule has 0 aliphatic carbocycles. The largest absolute Gasteiger partial charge is 0.514 e. The normalized spacial score (nSPS) is 11.7. The predicted molar refractivity (Wildman–Crippen MR) is 91.6 cm³/mol. The summed E-state index contributed by atoms with van der Waals surface area (Å²) in [7, 11) is 0. The van der Waals surface area contributed by atoms with Crippen LogP contribution in [0.25, 0.3) is 0 Å². The van der Waals surface area contributed by atoms with Gasteiger partial charge < -0.3 is 9.47 Å². The van der Waals surface area contributed by atoms with Gasteiger partial charge in [-0.2, -0.15) is 0 Å². The molecule has 122 valence electrons. The van der Waals surface area contributed by atoms with Gasteiger partial charge in [0.05, 0.1) is 0 Å². The molecule has 0 aromatic heterocycles. The van der Waals surface area contributed by atoms with Gasteiger partial charge in [0.1, 0.15) is 11.9 Å². The minimum Gasteiger partial charge on any atom is -0.426 e. The summed E-state index contributed by atoms with van der Waals surface area (Å²) in [6, 6.07) is 17.4. The topological polar surface area (TPSA) is 35.5 Å². The number of para-hydroxylation sites is 1. The van der Waals surface area contributed by atoms with Crippen molar-refractivity contribution in [3.05, 3.63) is 65.7 Å². The summed E-state index contributed by atoms with van der Waals surface area (Å²) in [5.74, 6) is 0.586. The molecule has 0 amide bonds. The molecule has 0 spiro atoms. The lowest BCUT2D eigenvalue weighted by molar-refractivity contribution is 0.0534. The molecule has 0 aliphatic heterocycles. The van der Waals surface area contributed by atoms with Gasteiger partial charge in [0.2, 0.25) is 0 Å². The lowest BCUT2D eigenvalue weighted by Crippen LogP contribution is -2.16. The minimum absolute atomic E-state index is 0.271. The van der Waals surface area contributed by atoms with Crippen LogP contribution in [0.4, 0.5) is 4.79 Å². The van der Waals surface area contributed by atoms with Crippen LogP contribution in [-0.4, -0.2) is 6.16 Å². The molecule has 2 aromatic rings. The summed E-state index contributed by atoms with van der Waals surface area (Å²) in [6.07, 6.45) is 2.66. The van der Waals surface area contributed by atoms with Gasteiger partial charge in [-0.15, -0.1) is 0 Å². The molecule has 0 radical (unpaired) electrons. The smallest absolute Gasteiger partial charge is 0.426 e. The van der Waals surface area contributed by atoms with Crippen molar-refractivity contribution >= 4 is 6.16 Å².